The Labute approximate surface area is 168 Å². The van der Waals surface area contributed by atoms with Gasteiger partial charge in [0.1, 0.15) is 17.3 Å². The Kier molecular flexibility index (Phi) is 5.60. The Balaban J connectivity index is 1.37. The lowest BCUT2D eigenvalue weighted by Gasteiger charge is -2.35. The van der Waals surface area contributed by atoms with Gasteiger partial charge in [-0.25, -0.2) is 19.3 Å². The molecule has 4 rings (SSSR count). The molecule has 1 amide bonds. The van der Waals surface area contributed by atoms with Gasteiger partial charge in [0.05, 0.1) is 0 Å². The first kappa shape index (κ1) is 18.8. The summed E-state index contributed by atoms with van der Waals surface area (Å²) in [5.74, 6) is 0.768. The minimum absolute atomic E-state index is 0.105. The molecule has 1 fully saturated rings. The van der Waals surface area contributed by atoms with Gasteiger partial charge in [-0.1, -0.05) is 24.3 Å². The molecule has 0 aliphatic carbocycles. The minimum Gasteiger partial charge on any atom is -0.353 e. The number of carbonyl (C=O) groups excluding carboxylic acids is 1. The van der Waals surface area contributed by atoms with Crippen molar-refractivity contribution < 1.29 is 9.18 Å². The number of aromatic nitrogens is 3. The van der Waals surface area contributed by atoms with Crippen LogP contribution < -0.4 is 15.1 Å². The number of benzene rings is 1. The van der Waals surface area contributed by atoms with Crippen molar-refractivity contribution in [3.05, 3.63) is 78.0 Å². The van der Waals surface area contributed by atoms with Crippen molar-refractivity contribution in [2.45, 2.75) is 6.54 Å². The lowest BCUT2D eigenvalue weighted by molar-refractivity contribution is 0.0945. The highest BCUT2D eigenvalue weighted by Crippen LogP contribution is 2.16. The zero-order valence-corrected chi connectivity index (χ0v) is 15.8. The van der Waals surface area contributed by atoms with Gasteiger partial charge in [-0.3, -0.25) is 4.79 Å². The van der Waals surface area contributed by atoms with E-state index < -0.39 is 0 Å². The Bertz CT molecular complexity index is 976. The number of halogens is 1. The Morgan fingerprint density at radius 3 is 2.45 bits per heavy atom. The lowest BCUT2D eigenvalue weighted by Crippen LogP contribution is -2.47. The normalized spacial score (nSPS) is 14.0. The van der Waals surface area contributed by atoms with Gasteiger partial charge < -0.3 is 15.1 Å². The maximum absolute atomic E-state index is 13.7. The Morgan fingerprint density at radius 1 is 0.931 bits per heavy atom. The monoisotopic (exact) mass is 392 g/mol. The van der Waals surface area contributed by atoms with Crippen molar-refractivity contribution in [3.8, 4) is 0 Å². The van der Waals surface area contributed by atoms with E-state index in [1.807, 2.05) is 23.1 Å². The van der Waals surface area contributed by atoms with Crippen LogP contribution >= 0.6 is 0 Å². The number of rotatable bonds is 5. The van der Waals surface area contributed by atoms with Gasteiger partial charge in [-0.15, -0.1) is 0 Å². The van der Waals surface area contributed by atoms with Gasteiger partial charge in [-0.2, -0.15) is 0 Å². The predicted octanol–water partition coefficient (Wildman–Crippen LogP) is 2.27. The van der Waals surface area contributed by atoms with Gasteiger partial charge in [0.15, 0.2) is 0 Å². The van der Waals surface area contributed by atoms with Crippen LogP contribution in [0, 0.1) is 5.82 Å². The molecule has 3 heterocycles. The summed E-state index contributed by atoms with van der Waals surface area (Å²) in [7, 11) is 0. The molecule has 0 unspecified atom stereocenters. The highest BCUT2D eigenvalue weighted by molar-refractivity contribution is 5.92. The van der Waals surface area contributed by atoms with E-state index in [9.17, 15) is 9.18 Å². The molecule has 7 nitrogen and oxygen atoms in total. The van der Waals surface area contributed by atoms with E-state index in [1.54, 1.807) is 36.7 Å². The molecule has 1 N–H and O–H groups in total. The molecule has 0 radical (unpaired) electrons. The molecule has 0 atom stereocenters. The molecule has 1 aromatic carbocycles. The number of hydrogen-bond acceptors (Lipinski definition) is 6. The summed E-state index contributed by atoms with van der Waals surface area (Å²) in [6.07, 6.45) is 3.36. The van der Waals surface area contributed by atoms with Gasteiger partial charge in [0.2, 0.25) is 5.95 Å². The van der Waals surface area contributed by atoms with Crippen LogP contribution in [-0.4, -0.2) is 47.0 Å². The van der Waals surface area contributed by atoms with E-state index in [2.05, 4.69) is 25.2 Å². The topological polar surface area (TPSA) is 74.2 Å². The molecule has 148 valence electrons. The van der Waals surface area contributed by atoms with Crippen molar-refractivity contribution in [1.82, 2.24) is 20.3 Å². The SMILES string of the molecule is O=C(NCc1ccccc1F)c1ccnc(N2CCN(c3ccccn3)CC2)n1. The van der Waals surface area contributed by atoms with Crippen LogP contribution in [0.2, 0.25) is 0 Å². The maximum atomic E-state index is 13.7. The first-order valence-corrected chi connectivity index (χ1v) is 9.46. The van der Waals surface area contributed by atoms with Gasteiger partial charge >= 0.3 is 0 Å². The van der Waals surface area contributed by atoms with Crippen LogP contribution in [0.5, 0.6) is 0 Å². The standard InChI is InChI=1S/C21H21FN6O/c22-17-6-2-1-5-16(17)15-25-20(29)18-8-10-24-21(26-18)28-13-11-27(12-14-28)19-7-3-4-9-23-19/h1-10H,11-15H2,(H,25,29). The van der Waals surface area contributed by atoms with E-state index in [0.29, 0.717) is 11.5 Å². The summed E-state index contributed by atoms with van der Waals surface area (Å²) in [6, 6.07) is 13.8. The smallest absolute Gasteiger partial charge is 0.270 e. The van der Waals surface area contributed by atoms with Crippen molar-refractivity contribution in [1.29, 1.82) is 0 Å². The van der Waals surface area contributed by atoms with Crippen molar-refractivity contribution in [2.75, 3.05) is 36.0 Å². The third-order valence-corrected chi connectivity index (χ3v) is 4.81. The molecular weight excluding hydrogens is 371 g/mol. The van der Waals surface area contributed by atoms with E-state index >= 15 is 0 Å². The second-order valence-corrected chi connectivity index (χ2v) is 6.68. The number of amides is 1. The van der Waals surface area contributed by atoms with Crippen LogP contribution in [-0.2, 0) is 6.54 Å². The fourth-order valence-electron chi connectivity index (χ4n) is 3.21. The Hall–Kier alpha value is -3.55. The molecule has 3 aromatic rings. The minimum atomic E-state index is -0.357. The fourth-order valence-corrected chi connectivity index (χ4v) is 3.21. The molecule has 0 bridgehead atoms. The number of anilines is 2. The average molecular weight is 392 g/mol. The first-order chi connectivity index (χ1) is 14.2. The molecule has 0 saturated carbocycles. The molecule has 8 heteroatoms. The zero-order chi connectivity index (χ0) is 20.1. The van der Waals surface area contributed by atoms with E-state index in [4.69, 9.17) is 0 Å². The maximum Gasteiger partial charge on any atom is 0.270 e. The van der Waals surface area contributed by atoms with Gasteiger partial charge in [0, 0.05) is 50.7 Å². The quantitative estimate of drug-likeness (QED) is 0.718. The number of pyridine rings is 1. The van der Waals surface area contributed by atoms with Crippen molar-refractivity contribution >= 4 is 17.7 Å². The van der Waals surface area contributed by atoms with Crippen LogP contribution in [0.4, 0.5) is 16.2 Å². The number of piperazine rings is 1. The van der Waals surface area contributed by atoms with Gasteiger partial charge in [-0.05, 0) is 24.3 Å². The molecule has 1 aliphatic heterocycles. The second kappa shape index (κ2) is 8.64. The summed E-state index contributed by atoms with van der Waals surface area (Å²) < 4.78 is 13.7. The predicted molar refractivity (Wildman–Crippen MR) is 108 cm³/mol. The summed E-state index contributed by atoms with van der Waals surface area (Å²) >= 11 is 0. The summed E-state index contributed by atoms with van der Waals surface area (Å²) in [5, 5.41) is 2.71. The number of carbonyl (C=O) groups is 1. The van der Waals surface area contributed by atoms with E-state index in [-0.39, 0.29) is 24.0 Å². The average Bonchev–Trinajstić information content (AvgIpc) is 2.79. The third kappa shape index (κ3) is 4.48. The number of nitrogens with zero attached hydrogens (tertiary/aromatic N) is 5. The molecule has 29 heavy (non-hydrogen) atoms. The molecular formula is C21H21FN6O. The lowest BCUT2D eigenvalue weighted by atomic mass is 10.2. The second-order valence-electron chi connectivity index (χ2n) is 6.68. The fraction of sp³-hybridized carbons (Fsp3) is 0.238. The van der Waals surface area contributed by atoms with E-state index in [1.165, 1.54) is 6.07 Å². The summed E-state index contributed by atoms with van der Waals surface area (Å²) in [4.78, 5) is 29.8. The van der Waals surface area contributed by atoms with Crippen LogP contribution in [0.15, 0.2) is 60.9 Å². The molecule has 1 saturated heterocycles. The van der Waals surface area contributed by atoms with Crippen molar-refractivity contribution in [3.63, 3.8) is 0 Å². The summed E-state index contributed by atoms with van der Waals surface area (Å²) in [5.41, 5.74) is 0.694. The first-order valence-electron chi connectivity index (χ1n) is 9.46. The van der Waals surface area contributed by atoms with Crippen LogP contribution in [0.1, 0.15) is 16.1 Å². The molecule has 2 aromatic heterocycles. The molecule has 0 spiro atoms. The summed E-state index contributed by atoms with van der Waals surface area (Å²) in [6.45, 7) is 3.16. The highest BCUT2D eigenvalue weighted by Gasteiger charge is 2.21. The largest absolute Gasteiger partial charge is 0.353 e. The number of nitrogens with one attached hydrogen (secondary N) is 1. The van der Waals surface area contributed by atoms with Gasteiger partial charge in [0.25, 0.3) is 5.91 Å². The highest BCUT2D eigenvalue weighted by atomic mass is 19.1. The Morgan fingerprint density at radius 2 is 1.69 bits per heavy atom. The van der Waals surface area contributed by atoms with Crippen molar-refractivity contribution in [2.24, 2.45) is 0 Å². The van der Waals surface area contributed by atoms with Crippen LogP contribution in [0.3, 0.4) is 0 Å². The third-order valence-electron chi connectivity index (χ3n) is 4.81. The zero-order valence-electron chi connectivity index (χ0n) is 15.8. The molecule has 1 aliphatic rings. The number of hydrogen-bond donors (Lipinski definition) is 1. The van der Waals surface area contributed by atoms with Crippen LogP contribution in [0.25, 0.3) is 0 Å². The van der Waals surface area contributed by atoms with E-state index in [0.717, 1.165) is 32.0 Å².